The Hall–Kier alpha value is -4.11. The summed E-state index contributed by atoms with van der Waals surface area (Å²) < 4.78 is 13.4. The maximum atomic E-state index is 11.9. The lowest BCUT2D eigenvalue weighted by Gasteiger charge is -2.29. The third-order valence-corrected chi connectivity index (χ3v) is 7.01. The number of anilines is 2. The average molecular weight is 516 g/mol. The van der Waals surface area contributed by atoms with Crippen LogP contribution in [0.1, 0.15) is 47.4 Å². The second-order valence-corrected chi connectivity index (χ2v) is 9.44. The van der Waals surface area contributed by atoms with Crippen LogP contribution in [-0.4, -0.2) is 27.7 Å². The van der Waals surface area contributed by atoms with Crippen LogP contribution in [0.15, 0.2) is 71.5 Å². The number of nitrogens with one attached hydrogen (secondary N) is 2. The Morgan fingerprint density at radius 3 is 2.70 bits per heavy atom. The van der Waals surface area contributed by atoms with Gasteiger partial charge in [-0.15, -0.1) is 0 Å². The van der Waals surface area contributed by atoms with E-state index < -0.39 is 0 Å². The SMILES string of the molecule is COc1ccc(N2C(=S)N[C@H](c3ccccn3)[C@@H]2c2cc(C)n(Cc3ccco3)c2C)cc1NC(C)=O. The van der Waals surface area contributed by atoms with E-state index >= 15 is 0 Å². The molecule has 1 amide bonds. The molecule has 37 heavy (non-hydrogen) atoms. The van der Waals surface area contributed by atoms with E-state index in [0.717, 1.165) is 34.1 Å². The second kappa shape index (κ2) is 10.1. The number of furan rings is 1. The molecule has 1 fully saturated rings. The highest BCUT2D eigenvalue weighted by Crippen LogP contribution is 2.44. The topological polar surface area (TPSA) is 84.6 Å². The van der Waals surface area contributed by atoms with Gasteiger partial charge in [0.25, 0.3) is 0 Å². The molecule has 1 aliphatic rings. The summed E-state index contributed by atoms with van der Waals surface area (Å²) in [6.07, 6.45) is 3.49. The molecule has 0 bridgehead atoms. The minimum atomic E-state index is -0.183. The molecule has 0 spiro atoms. The molecule has 2 N–H and O–H groups in total. The van der Waals surface area contributed by atoms with Gasteiger partial charge in [-0.1, -0.05) is 6.07 Å². The van der Waals surface area contributed by atoms with E-state index in [1.807, 2.05) is 48.5 Å². The second-order valence-electron chi connectivity index (χ2n) is 9.05. The van der Waals surface area contributed by atoms with Crippen LogP contribution in [0.5, 0.6) is 5.75 Å². The zero-order valence-electron chi connectivity index (χ0n) is 21.2. The molecule has 3 aromatic heterocycles. The molecule has 1 aliphatic heterocycles. The minimum absolute atomic E-state index is 0.179. The molecule has 9 heteroatoms. The number of aromatic nitrogens is 2. The molecule has 5 rings (SSSR count). The van der Waals surface area contributed by atoms with E-state index in [-0.39, 0.29) is 18.0 Å². The van der Waals surface area contributed by atoms with E-state index in [0.29, 0.717) is 23.1 Å². The van der Waals surface area contributed by atoms with Gasteiger partial charge < -0.3 is 29.3 Å². The first-order chi connectivity index (χ1) is 17.9. The van der Waals surface area contributed by atoms with Crippen molar-refractivity contribution in [2.24, 2.45) is 0 Å². The zero-order chi connectivity index (χ0) is 26.1. The van der Waals surface area contributed by atoms with Crippen LogP contribution in [-0.2, 0) is 11.3 Å². The van der Waals surface area contributed by atoms with Crippen LogP contribution in [0, 0.1) is 13.8 Å². The van der Waals surface area contributed by atoms with Crippen molar-refractivity contribution in [3.8, 4) is 5.75 Å². The molecule has 4 heterocycles. The zero-order valence-corrected chi connectivity index (χ0v) is 22.0. The van der Waals surface area contributed by atoms with E-state index in [1.165, 1.54) is 6.92 Å². The van der Waals surface area contributed by atoms with Crippen LogP contribution in [0.4, 0.5) is 11.4 Å². The molecule has 0 unspecified atom stereocenters. The van der Waals surface area contributed by atoms with Crippen molar-refractivity contribution in [2.75, 3.05) is 17.3 Å². The molecular weight excluding hydrogens is 486 g/mol. The number of benzene rings is 1. The predicted octanol–water partition coefficient (Wildman–Crippen LogP) is 5.29. The molecule has 2 atom stereocenters. The van der Waals surface area contributed by atoms with Gasteiger partial charge >= 0.3 is 0 Å². The lowest BCUT2D eigenvalue weighted by atomic mass is 9.96. The van der Waals surface area contributed by atoms with Crippen LogP contribution < -0.4 is 20.3 Å². The maximum absolute atomic E-state index is 11.9. The van der Waals surface area contributed by atoms with Crippen molar-refractivity contribution in [3.63, 3.8) is 0 Å². The Labute approximate surface area is 221 Å². The maximum Gasteiger partial charge on any atom is 0.221 e. The summed E-state index contributed by atoms with van der Waals surface area (Å²) in [6, 6.07) is 17.3. The molecule has 1 aromatic carbocycles. The van der Waals surface area contributed by atoms with Gasteiger partial charge in [0.1, 0.15) is 11.5 Å². The van der Waals surface area contributed by atoms with Gasteiger partial charge in [-0.25, -0.2) is 0 Å². The molecule has 0 radical (unpaired) electrons. The van der Waals surface area contributed by atoms with Gasteiger partial charge in [-0.05, 0) is 80.2 Å². The fourth-order valence-electron chi connectivity index (χ4n) is 5.01. The van der Waals surface area contributed by atoms with Crippen LogP contribution in [0.2, 0.25) is 0 Å². The van der Waals surface area contributed by atoms with Crippen molar-refractivity contribution in [1.29, 1.82) is 0 Å². The van der Waals surface area contributed by atoms with Crippen molar-refractivity contribution >= 4 is 34.6 Å². The number of hydrogen-bond acceptors (Lipinski definition) is 5. The number of methoxy groups -OCH3 is 1. The standard InChI is InChI=1S/C28H29N5O3S/c1-17-14-22(18(2)32(17)16-21-8-7-13-36-21)27-26(23-9-5-6-12-29-23)31-28(37)33(27)20-10-11-25(35-4)24(15-20)30-19(3)34/h5-15,26-27H,16H2,1-4H3,(H,30,34)(H,31,37)/t26-,27+/m1/s1. The molecular formula is C28H29N5O3S. The minimum Gasteiger partial charge on any atom is -0.495 e. The van der Waals surface area contributed by atoms with Gasteiger partial charge in [0, 0.05) is 30.2 Å². The summed E-state index contributed by atoms with van der Waals surface area (Å²) in [6.45, 7) is 6.33. The quantitative estimate of drug-likeness (QED) is 0.324. The molecule has 8 nitrogen and oxygen atoms in total. The lowest BCUT2D eigenvalue weighted by Crippen LogP contribution is -2.29. The summed E-state index contributed by atoms with van der Waals surface area (Å²) in [4.78, 5) is 18.6. The Bertz CT molecular complexity index is 1430. The summed E-state index contributed by atoms with van der Waals surface area (Å²) in [7, 11) is 1.58. The third kappa shape index (κ3) is 4.70. The van der Waals surface area contributed by atoms with Crippen LogP contribution >= 0.6 is 12.2 Å². The first-order valence-electron chi connectivity index (χ1n) is 12.0. The van der Waals surface area contributed by atoms with Crippen LogP contribution in [0.25, 0.3) is 0 Å². The Morgan fingerprint density at radius 1 is 1.19 bits per heavy atom. The number of hydrogen-bond donors (Lipinski definition) is 2. The van der Waals surface area contributed by atoms with E-state index in [1.54, 1.807) is 19.6 Å². The van der Waals surface area contributed by atoms with Crippen LogP contribution in [0.3, 0.4) is 0 Å². The monoisotopic (exact) mass is 515 g/mol. The normalized spacial score (nSPS) is 17.1. The highest BCUT2D eigenvalue weighted by atomic mass is 32.1. The number of aryl methyl sites for hydroxylation is 1. The van der Waals surface area contributed by atoms with Crippen molar-refractivity contribution in [1.82, 2.24) is 14.9 Å². The average Bonchev–Trinajstić information content (AvgIpc) is 3.59. The fourth-order valence-corrected chi connectivity index (χ4v) is 5.36. The van der Waals surface area contributed by atoms with Crippen molar-refractivity contribution in [3.05, 3.63) is 95.5 Å². The van der Waals surface area contributed by atoms with Gasteiger partial charge in [-0.2, -0.15) is 0 Å². The largest absolute Gasteiger partial charge is 0.495 e. The molecule has 1 saturated heterocycles. The number of nitrogens with zero attached hydrogens (tertiary/aromatic N) is 3. The van der Waals surface area contributed by atoms with Crippen molar-refractivity contribution < 1.29 is 13.9 Å². The summed E-state index contributed by atoms with van der Waals surface area (Å²) in [5.41, 5.74) is 5.68. The summed E-state index contributed by atoms with van der Waals surface area (Å²) in [5, 5.41) is 6.95. The van der Waals surface area contributed by atoms with E-state index in [4.69, 9.17) is 21.4 Å². The summed E-state index contributed by atoms with van der Waals surface area (Å²) >= 11 is 5.89. The molecule has 0 saturated carbocycles. The molecule has 4 aromatic rings. The van der Waals surface area contributed by atoms with Crippen molar-refractivity contribution in [2.45, 2.75) is 39.4 Å². The smallest absolute Gasteiger partial charge is 0.221 e. The number of pyridine rings is 1. The number of carbonyl (C=O) groups excluding carboxylic acids is 1. The number of ether oxygens (including phenoxy) is 1. The van der Waals surface area contributed by atoms with Gasteiger partial charge in [0.05, 0.1) is 43.4 Å². The highest BCUT2D eigenvalue weighted by molar-refractivity contribution is 7.80. The van der Waals surface area contributed by atoms with Gasteiger partial charge in [-0.3, -0.25) is 9.78 Å². The number of rotatable bonds is 7. The van der Waals surface area contributed by atoms with E-state index in [2.05, 4.69) is 45.0 Å². The first kappa shape index (κ1) is 24.6. The van der Waals surface area contributed by atoms with Gasteiger partial charge in [0.15, 0.2) is 5.11 Å². The fraction of sp³-hybridized carbons (Fsp3) is 0.250. The highest BCUT2D eigenvalue weighted by Gasteiger charge is 2.42. The summed E-state index contributed by atoms with van der Waals surface area (Å²) in [5.74, 6) is 1.29. The van der Waals surface area contributed by atoms with Gasteiger partial charge in [0.2, 0.25) is 5.91 Å². The Balaban J connectivity index is 1.63. The third-order valence-electron chi connectivity index (χ3n) is 6.70. The first-order valence-corrected chi connectivity index (χ1v) is 12.4. The lowest BCUT2D eigenvalue weighted by molar-refractivity contribution is -0.114. The Morgan fingerprint density at radius 2 is 2.03 bits per heavy atom. The number of amides is 1. The molecule has 190 valence electrons. The predicted molar refractivity (Wildman–Crippen MR) is 147 cm³/mol. The number of thiocarbonyl (C=S) groups is 1. The number of carbonyl (C=O) groups is 1. The molecule has 0 aliphatic carbocycles. The Kier molecular flexibility index (Phi) is 6.71. The van der Waals surface area contributed by atoms with E-state index in [9.17, 15) is 4.79 Å².